The molecule has 0 spiro atoms. The van der Waals surface area contributed by atoms with Crippen LogP contribution < -0.4 is 20.8 Å². The lowest BCUT2D eigenvalue weighted by molar-refractivity contribution is 0.415. The van der Waals surface area contributed by atoms with Crippen molar-refractivity contribution in [1.82, 2.24) is 10.3 Å². The van der Waals surface area contributed by atoms with E-state index < -0.39 is 5.82 Å². The standard InChI is InChI=1S/C23H24FN3O2S/c1-3-9-25-10-4-11-26-23-22-20(16-13-15(29-2)6-7-18(16)27-23)21(28)17-12-14(24)5-8-19(17)30-22/h5-8,12-13,25H,3-4,9-11H2,1-2H3,(H,26,27). The molecule has 2 aromatic carbocycles. The fraction of sp³-hybridized carbons (Fsp3) is 0.304. The first kappa shape index (κ1) is 20.5. The van der Waals surface area contributed by atoms with Crippen molar-refractivity contribution in [3.8, 4) is 5.75 Å². The van der Waals surface area contributed by atoms with Gasteiger partial charge in [0, 0.05) is 22.0 Å². The summed E-state index contributed by atoms with van der Waals surface area (Å²) in [7, 11) is 1.59. The molecule has 2 aromatic heterocycles. The molecule has 0 unspecified atom stereocenters. The second kappa shape index (κ2) is 8.93. The van der Waals surface area contributed by atoms with Crippen LogP contribution in [-0.4, -0.2) is 31.7 Å². The van der Waals surface area contributed by atoms with Gasteiger partial charge in [-0.15, -0.1) is 11.3 Å². The second-order valence-corrected chi connectivity index (χ2v) is 8.20. The highest BCUT2D eigenvalue weighted by Crippen LogP contribution is 2.35. The molecular weight excluding hydrogens is 401 g/mol. The maximum Gasteiger partial charge on any atom is 0.196 e. The van der Waals surface area contributed by atoms with Gasteiger partial charge in [0.1, 0.15) is 17.4 Å². The number of fused-ring (bicyclic) bond motifs is 4. The summed E-state index contributed by atoms with van der Waals surface area (Å²) in [6, 6.07) is 9.85. The Kier molecular flexibility index (Phi) is 6.11. The highest BCUT2D eigenvalue weighted by Gasteiger charge is 2.16. The zero-order valence-corrected chi connectivity index (χ0v) is 17.9. The monoisotopic (exact) mass is 425 g/mol. The third kappa shape index (κ3) is 3.95. The smallest absolute Gasteiger partial charge is 0.196 e. The number of halogens is 1. The molecule has 0 aliphatic carbocycles. The van der Waals surface area contributed by atoms with E-state index in [-0.39, 0.29) is 5.43 Å². The quantitative estimate of drug-likeness (QED) is 0.239. The molecule has 2 N–H and O–H groups in total. The Labute approximate surface area is 177 Å². The Morgan fingerprint density at radius 2 is 1.97 bits per heavy atom. The van der Waals surface area contributed by atoms with Gasteiger partial charge < -0.3 is 15.4 Å². The van der Waals surface area contributed by atoms with Gasteiger partial charge in [-0.05, 0) is 62.3 Å². The average molecular weight is 426 g/mol. The zero-order valence-electron chi connectivity index (χ0n) is 17.0. The summed E-state index contributed by atoms with van der Waals surface area (Å²) >= 11 is 1.45. The largest absolute Gasteiger partial charge is 0.497 e. The van der Waals surface area contributed by atoms with Crippen molar-refractivity contribution in [1.29, 1.82) is 0 Å². The Bertz CT molecular complexity index is 1270. The van der Waals surface area contributed by atoms with E-state index in [9.17, 15) is 9.18 Å². The van der Waals surface area contributed by atoms with Gasteiger partial charge in [0.15, 0.2) is 5.43 Å². The van der Waals surface area contributed by atoms with E-state index in [1.165, 1.54) is 23.5 Å². The van der Waals surface area contributed by atoms with Crippen LogP contribution in [0.2, 0.25) is 0 Å². The molecule has 0 saturated heterocycles. The van der Waals surface area contributed by atoms with Gasteiger partial charge in [0.25, 0.3) is 0 Å². The molecule has 0 fully saturated rings. The van der Waals surface area contributed by atoms with E-state index in [0.29, 0.717) is 33.2 Å². The first-order valence-electron chi connectivity index (χ1n) is 10.1. The van der Waals surface area contributed by atoms with Crippen molar-refractivity contribution in [3.63, 3.8) is 0 Å². The molecule has 0 saturated carbocycles. The van der Waals surface area contributed by atoms with Crippen molar-refractivity contribution in [3.05, 3.63) is 52.4 Å². The number of benzene rings is 2. The molecule has 0 aliphatic heterocycles. The lowest BCUT2D eigenvalue weighted by atomic mass is 10.1. The van der Waals surface area contributed by atoms with Crippen molar-refractivity contribution in [2.75, 3.05) is 32.1 Å². The number of nitrogens with one attached hydrogen (secondary N) is 2. The van der Waals surface area contributed by atoms with Crippen molar-refractivity contribution in [2.24, 2.45) is 0 Å². The molecule has 0 atom stereocenters. The lowest BCUT2D eigenvalue weighted by Crippen LogP contribution is -2.19. The van der Waals surface area contributed by atoms with Crippen LogP contribution in [0.5, 0.6) is 5.75 Å². The number of methoxy groups -OCH3 is 1. The average Bonchev–Trinajstić information content (AvgIpc) is 2.76. The van der Waals surface area contributed by atoms with Crippen molar-refractivity contribution < 1.29 is 9.13 Å². The predicted octanol–water partition coefficient (Wildman–Crippen LogP) is 4.91. The number of aromatic nitrogens is 1. The van der Waals surface area contributed by atoms with E-state index in [1.54, 1.807) is 13.2 Å². The van der Waals surface area contributed by atoms with Gasteiger partial charge in [0.05, 0.1) is 22.7 Å². The third-order valence-corrected chi connectivity index (χ3v) is 6.20. The summed E-state index contributed by atoms with van der Waals surface area (Å²) in [4.78, 5) is 18.2. The molecule has 5 nitrogen and oxygen atoms in total. The Balaban J connectivity index is 1.87. The molecule has 7 heteroatoms. The Morgan fingerprint density at radius 3 is 2.77 bits per heavy atom. The molecule has 0 radical (unpaired) electrons. The summed E-state index contributed by atoms with van der Waals surface area (Å²) in [5.41, 5.74) is 0.515. The van der Waals surface area contributed by atoms with Crippen molar-refractivity contribution in [2.45, 2.75) is 19.8 Å². The summed E-state index contributed by atoms with van der Waals surface area (Å²) in [6.45, 7) is 4.80. The number of anilines is 1. The van der Waals surface area contributed by atoms with E-state index in [4.69, 9.17) is 9.72 Å². The second-order valence-electron chi connectivity index (χ2n) is 7.15. The zero-order chi connectivity index (χ0) is 21.1. The van der Waals surface area contributed by atoms with Gasteiger partial charge in [-0.1, -0.05) is 6.92 Å². The summed E-state index contributed by atoms with van der Waals surface area (Å²) in [5.74, 6) is 0.920. The summed E-state index contributed by atoms with van der Waals surface area (Å²) in [6.07, 6.45) is 2.05. The van der Waals surface area contributed by atoms with E-state index in [0.717, 1.165) is 41.9 Å². The van der Waals surface area contributed by atoms with Crippen LogP contribution in [0.4, 0.5) is 10.2 Å². The third-order valence-electron chi connectivity index (χ3n) is 5.02. The first-order chi connectivity index (χ1) is 14.6. The van der Waals surface area contributed by atoms with Crippen molar-refractivity contribution >= 4 is 48.2 Å². The van der Waals surface area contributed by atoms with E-state index >= 15 is 0 Å². The molecule has 156 valence electrons. The molecule has 0 amide bonds. The molecule has 2 heterocycles. The van der Waals surface area contributed by atoms with Gasteiger partial charge in [-0.2, -0.15) is 0 Å². The fourth-order valence-corrected chi connectivity index (χ4v) is 4.67. The molecule has 30 heavy (non-hydrogen) atoms. The highest BCUT2D eigenvalue weighted by molar-refractivity contribution is 7.25. The Hall–Kier alpha value is -2.77. The maximum atomic E-state index is 13.8. The molecule has 4 aromatic rings. The van der Waals surface area contributed by atoms with Gasteiger partial charge in [-0.3, -0.25) is 4.79 Å². The van der Waals surface area contributed by atoms with Crippen LogP contribution in [0.3, 0.4) is 0 Å². The van der Waals surface area contributed by atoms with Crippen LogP contribution in [0.1, 0.15) is 19.8 Å². The number of hydrogen-bond donors (Lipinski definition) is 2. The van der Waals surface area contributed by atoms with Crippen LogP contribution in [-0.2, 0) is 0 Å². The number of hydrogen-bond acceptors (Lipinski definition) is 6. The van der Waals surface area contributed by atoms with E-state index in [1.807, 2.05) is 18.2 Å². The van der Waals surface area contributed by atoms with Crippen LogP contribution in [0.25, 0.3) is 31.1 Å². The minimum absolute atomic E-state index is 0.188. The molecule has 0 aliphatic rings. The van der Waals surface area contributed by atoms with Crippen LogP contribution in [0.15, 0.2) is 41.2 Å². The number of rotatable bonds is 8. The number of nitrogens with zero attached hydrogens (tertiary/aromatic N) is 1. The predicted molar refractivity (Wildman–Crippen MR) is 124 cm³/mol. The first-order valence-corrected chi connectivity index (χ1v) is 10.9. The maximum absolute atomic E-state index is 13.8. The van der Waals surface area contributed by atoms with Gasteiger partial charge in [-0.25, -0.2) is 9.37 Å². The molecular formula is C23H24FN3O2S. The lowest BCUT2D eigenvalue weighted by Gasteiger charge is -2.13. The summed E-state index contributed by atoms with van der Waals surface area (Å²) < 4.78 is 20.7. The minimum atomic E-state index is -0.417. The summed E-state index contributed by atoms with van der Waals surface area (Å²) in [5, 5.41) is 8.44. The molecule has 0 bridgehead atoms. The van der Waals surface area contributed by atoms with Crippen LogP contribution >= 0.6 is 11.3 Å². The van der Waals surface area contributed by atoms with Gasteiger partial charge in [0.2, 0.25) is 0 Å². The van der Waals surface area contributed by atoms with Gasteiger partial charge >= 0.3 is 0 Å². The highest BCUT2D eigenvalue weighted by atomic mass is 32.1. The normalized spacial score (nSPS) is 11.4. The fourth-order valence-electron chi connectivity index (χ4n) is 3.53. The topological polar surface area (TPSA) is 63.3 Å². The van der Waals surface area contributed by atoms with Crippen LogP contribution in [0, 0.1) is 5.82 Å². The number of pyridine rings is 1. The minimum Gasteiger partial charge on any atom is -0.497 e. The number of ether oxygens (including phenoxy) is 1. The SMILES string of the molecule is CCCNCCCNc1nc2ccc(OC)cc2c2c(=O)c3cc(F)ccc3sc12. The Morgan fingerprint density at radius 1 is 1.10 bits per heavy atom. The molecule has 4 rings (SSSR count). The van der Waals surface area contributed by atoms with E-state index in [2.05, 4.69) is 17.6 Å².